The standard InChI is InChI=1S/C14H16N2O2/c1-10-4-6-11(7-5-10)16-8-2-3-13(16)12(15)9-14(17)18/h2-8,12H,9,15H2,1H3,(H,17,18). The predicted octanol–water partition coefficient (Wildman–Crippen LogP) is 2.26. The lowest BCUT2D eigenvalue weighted by molar-refractivity contribution is -0.137. The zero-order valence-corrected chi connectivity index (χ0v) is 10.2. The summed E-state index contributed by atoms with van der Waals surface area (Å²) in [5, 5.41) is 8.79. The number of carbonyl (C=O) groups is 1. The molecule has 1 unspecified atom stereocenters. The zero-order chi connectivity index (χ0) is 13.1. The minimum absolute atomic E-state index is 0.0735. The first kappa shape index (κ1) is 12.4. The van der Waals surface area contributed by atoms with Crippen LogP contribution in [0.2, 0.25) is 0 Å². The molecule has 0 saturated heterocycles. The van der Waals surface area contributed by atoms with E-state index in [-0.39, 0.29) is 6.42 Å². The van der Waals surface area contributed by atoms with Gasteiger partial charge in [0.25, 0.3) is 0 Å². The van der Waals surface area contributed by atoms with Crippen molar-refractivity contribution in [2.75, 3.05) is 0 Å². The average Bonchev–Trinajstić information content (AvgIpc) is 2.78. The van der Waals surface area contributed by atoms with E-state index in [1.165, 1.54) is 5.56 Å². The Kier molecular flexibility index (Phi) is 3.48. The van der Waals surface area contributed by atoms with E-state index in [0.717, 1.165) is 11.4 Å². The fourth-order valence-corrected chi connectivity index (χ4v) is 1.93. The van der Waals surface area contributed by atoms with E-state index >= 15 is 0 Å². The molecule has 0 spiro atoms. The molecule has 2 aromatic rings. The van der Waals surface area contributed by atoms with Gasteiger partial charge >= 0.3 is 5.97 Å². The van der Waals surface area contributed by atoms with Gasteiger partial charge < -0.3 is 15.4 Å². The van der Waals surface area contributed by atoms with Gasteiger partial charge in [-0.25, -0.2) is 0 Å². The van der Waals surface area contributed by atoms with Crippen molar-refractivity contribution in [2.24, 2.45) is 5.73 Å². The molecule has 0 bridgehead atoms. The average molecular weight is 244 g/mol. The van der Waals surface area contributed by atoms with Gasteiger partial charge in [0.05, 0.1) is 12.5 Å². The highest BCUT2D eigenvalue weighted by atomic mass is 16.4. The minimum Gasteiger partial charge on any atom is -0.481 e. The number of aromatic nitrogens is 1. The van der Waals surface area contributed by atoms with Crippen LogP contribution in [0.5, 0.6) is 0 Å². The molecule has 4 heteroatoms. The van der Waals surface area contributed by atoms with E-state index in [2.05, 4.69) is 0 Å². The summed E-state index contributed by atoms with van der Waals surface area (Å²) in [4.78, 5) is 10.7. The molecule has 3 N–H and O–H groups in total. The van der Waals surface area contributed by atoms with Crippen LogP contribution in [0.25, 0.3) is 5.69 Å². The number of aryl methyl sites for hydroxylation is 1. The van der Waals surface area contributed by atoms with Crippen LogP contribution in [0.4, 0.5) is 0 Å². The van der Waals surface area contributed by atoms with Crippen molar-refractivity contribution in [3.05, 3.63) is 53.9 Å². The van der Waals surface area contributed by atoms with E-state index < -0.39 is 12.0 Å². The molecule has 4 nitrogen and oxygen atoms in total. The summed E-state index contributed by atoms with van der Waals surface area (Å²) < 4.78 is 1.92. The number of hydrogen-bond acceptors (Lipinski definition) is 2. The van der Waals surface area contributed by atoms with E-state index in [9.17, 15) is 4.79 Å². The Hall–Kier alpha value is -2.07. The zero-order valence-electron chi connectivity index (χ0n) is 10.2. The second-order valence-corrected chi connectivity index (χ2v) is 4.34. The summed E-state index contributed by atoms with van der Waals surface area (Å²) in [6, 6.07) is 11.2. The Morgan fingerprint density at radius 1 is 1.33 bits per heavy atom. The third-order valence-corrected chi connectivity index (χ3v) is 2.87. The van der Waals surface area contributed by atoms with Gasteiger partial charge in [-0.15, -0.1) is 0 Å². The lowest BCUT2D eigenvalue weighted by atomic mass is 10.1. The van der Waals surface area contributed by atoms with Crippen molar-refractivity contribution in [3.8, 4) is 5.69 Å². The summed E-state index contributed by atoms with van der Waals surface area (Å²) in [7, 11) is 0. The molecule has 1 aromatic carbocycles. The topological polar surface area (TPSA) is 68.2 Å². The molecule has 18 heavy (non-hydrogen) atoms. The van der Waals surface area contributed by atoms with Gasteiger partial charge in [0.15, 0.2) is 0 Å². The maximum Gasteiger partial charge on any atom is 0.305 e. The highest BCUT2D eigenvalue weighted by Crippen LogP contribution is 2.20. The smallest absolute Gasteiger partial charge is 0.305 e. The fraction of sp³-hybridized carbons (Fsp3) is 0.214. The Bertz CT molecular complexity index is 543. The lowest BCUT2D eigenvalue weighted by Gasteiger charge is -2.14. The first-order chi connectivity index (χ1) is 8.58. The van der Waals surface area contributed by atoms with Crippen LogP contribution in [0.3, 0.4) is 0 Å². The van der Waals surface area contributed by atoms with Crippen molar-refractivity contribution in [2.45, 2.75) is 19.4 Å². The highest BCUT2D eigenvalue weighted by Gasteiger charge is 2.14. The van der Waals surface area contributed by atoms with Crippen molar-refractivity contribution in [1.29, 1.82) is 0 Å². The maximum atomic E-state index is 10.7. The predicted molar refractivity (Wildman–Crippen MR) is 69.7 cm³/mol. The molecule has 0 saturated carbocycles. The second-order valence-electron chi connectivity index (χ2n) is 4.34. The second kappa shape index (κ2) is 5.06. The monoisotopic (exact) mass is 244 g/mol. The fourth-order valence-electron chi connectivity index (χ4n) is 1.93. The van der Waals surface area contributed by atoms with Gasteiger partial charge in [-0.2, -0.15) is 0 Å². The molecule has 0 fully saturated rings. The maximum absolute atomic E-state index is 10.7. The van der Waals surface area contributed by atoms with E-state index in [4.69, 9.17) is 10.8 Å². The SMILES string of the molecule is Cc1ccc(-n2cccc2C(N)CC(=O)O)cc1. The quantitative estimate of drug-likeness (QED) is 0.866. The molecular weight excluding hydrogens is 228 g/mol. The molecule has 0 aliphatic carbocycles. The molecule has 0 aliphatic rings. The molecule has 94 valence electrons. The summed E-state index contributed by atoms with van der Waals surface area (Å²) in [6.07, 6.45) is 1.82. The van der Waals surface area contributed by atoms with Crippen LogP contribution in [0, 0.1) is 6.92 Å². The molecule has 0 radical (unpaired) electrons. The Balaban J connectivity index is 2.32. The molecule has 1 heterocycles. The van der Waals surface area contributed by atoms with Gasteiger partial charge in [-0.3, -0.25) is 4.79 Å². The van der Waals surface area contributed by atoms with Crippen molar-refractivity contribution >= 4 is 5.97 Å². The van der Waals surface area contributed by atoms with E-state index in [1.54, 1.807) is 0 Å². The minimum atomic E-state index is -0.890. The van der Waals surface area contributed by atoms with Crippen LogP contribution < -0.4 is 5.73 Å². The summed E-state index contributed by atoms with van der Waals surface area (Å²) in [6.45, 7) is 2.02. The Labute approximate surface area is 106 Å². The van der Waals surface area contributed by atoms with Crippen LogP contribution in [-0.4, -0.2) is 15.6 Å². The summed E-state index contributed by atoms with van der Waals surface area (Å²) >= 11 is 0. The number of rotatable bonds is 4. The molecular formula is C14H16N2O2. The van der Waals surface area contributed by atoms with Crippen molar-refractivity contribution < 1.29 is 9.90 Å². The first-order valence-corrected chi connectivity index (χ1v) is 5.79. The Morgan fingerprint density at radius 3 is 2.61 bits per heavy atom. The number of carboxylic acid groups (broad SMARTS) is 1. The Morgan fingerprint density at radius 2 is 2.00 bits per heavy atom. The van der Waals surface area contributed by atoms with Gasteiger partial charge in [-0.05, 0) is 31.2 Å². The molecule has 1 aromatic heterocycles. The normalized spacial score (nSPS) is 12.3. The molecule has 0 aliphatic heterocycles. The van der Waals surface area contributed by atoms with Crippen LogP contribution in [0.1, 0.15) is 23.7 Å². The number of nitrogens with two attached hydrogens (primary N) is 1. The number of aliphatic carboxylic acids is 1. The van der Waals surface area contributed by atoms with E-state index in [0.29, 0.717) is 0 Å². The summed E-state index contributed by atoms with van der Waals surface area (Å²) in [5.41, 5.74) is 8.88. The third-order valence-electron chi connectivity index (χ3n) is 2.87. The molecule has 1 atom stereocenters. The molecule has 2 rings (SSSR count). The lowest BCUT2D eigenvalue weighted by Crippen LogP contribution is -2.18. The highest BCUT2D eigenvalue weighted by molar-refractivity contribution is 5.67. The van der Waals surface area contributed by atoms with Crippen molar-refractivity contribution in [3.63, 3.8) is 0 Å². The van der Waals surface area contributed by atoms with Crippen molar-refractivity contribution in [1.82, 2.24) is 4.57 Å². The summed E-state index contributed by atoms with van der Waals surface area (Å²) in [5.74, 6) is -0.890. The first-order valence-electron chi connectivity index (χ1n) is 5.79. The van der Waals surface area contributed by atoms with Gasteiger partial charge in [0.2, 0.25) is 0 Å². The van der Waals surface area contributed by atoms with Gasteiger partial charge in [0.1, 0.15) is 0 Å². The number of hydrogen-bond donors (Lipinski definition) is 2. The van der Waals surface area contributed by atoms with Gasteiger partial charge in [-0.1, -0.05) is 17.7 Å². The largest absolute Gasteiger partial charge is 0.481 e. The van der Waals surface area contributed by atoms with Crippen LogP contribution >= 0.6 is 0 Å². The number of carboxylic acids is 1. The van der Waals surface area contributed by atoms with Crippen LogP contribution in [0.15, 0.2) is 42.6 Å². The number of nitrogens with zero attached hydrogens (tertiary/aromatic N) is 1. The molecule has 0 amide bonds. The van der Waals surface area contributed by atoms with E-state index in [1.807, 2.05) is 54.1 Å². The number of benzene rings is 1. The van der Waals surface area contributed by atoms with Crippen LogP contribution in [-0.2, 0) is 4.79 Å². The third kappa shape index (κ3) is 2.60. The van der Waals surface area contributed by atoms with Gasteiger partial charge in [0, 0.05) is 17.6 Å².